The molecule has 0 saturated heterocycles. The second-order valence-corrected chi connectivity index (χ2v) is 5.27. The van der Waals surface area contributed by atoms with Crippen molar-refractivity contribution in [3.05, 3.63) is 74.0 Å². The maximum Gasteiger partial charge on any atom is 0.395 e. The van der Waals surface area contributed by atoms with E-state index in [2.05, 4.69) is 9.97 Å². The Morgan fingerprint density at radius 1 is 1.22 bits per heavy atom. The van der Waals surface area contributed by atoms with Gasteiger partial charge in [-0.2, -0.15) is 4.98 Å². The smallest absolute Gasteiger partial charge is 0.395 e. The van der Waals surface area contributed by atoms with Gasteiger partial charge in [-0.1, -0.05) is 18.2 Å². The van der Waals surface area contributed by atoms with Crippen LogP contribution in [0, 0.1) is 10.1 Å². The topological polar surface area (TPSA) is 160 Å². The predicted octanol–water partition coefficient (Wildman–Crippen LogP) is 2.51. The number of rotatable bonds is 5. The van der Waals surface area contributed by atoms with E-state index >= 15 is 0 Å². The number of aromatic carboxylic acids is 1. The number of carbonyl (C=O) groups is 1. The Bertz CT molecular complexity index is 1130. The van der Waals surface area contributed by atoms with Gasteiger partial charge in [-0.25, -0.2) is 4.79 Å². The van der Waals surface area contributed by atoms with Crippen LogP contribution in [-0.2, 0) is 0 Å². The van der Waals surface area contributed by atoms with Gasteiger partial charge < -0.3 is 19.6 Å². The molecular formula is C17H11N3O7. The fourth-order valence-corrected chi connectivity index (χ4v) is 2.35. The van der Waals surface area contributed by atoms with E-state index in [1.54, 1.807) is 30.3 Å². The van der Waals surface area contributed by atoms with Crippen molar-refractivity contribution in [3.63, 3.8) is 0 Å². The molecule has 3 N–H and O–H groups in total. The van der Waals surface area contributed by atoms with Gasteiger partial charge in [0.2, 0.25) is 0 Å². The molecule has 0 aliphatic heterocycles. The van der Waals surface area contributed by atoms with Crippen molar-refractivity contribution in [1.82, 2.24) is 9.97 Å². The maximum atomic E-state index is 11.6. The van der Waals surface area contributed by atoms with E-state index in [1.807, 2.05) is 0 Å². The lowest BCUT2D eigenvalue weighted by molar-refractivity contribution is -0.387. The van der Waals surface area contributed by atoms with E-state index in [4.69, 9.17) is 4.42 Å². The van der Waals surface area contributed by atoms with Crippen molar-refractivity contribution < 1.29 is 24.3 Å². The Hall–Kier alpha value is -4.21. The normalized spacial score (nSPS) is 11.0. The molecule has 136 valence electrons. The molecular weight excluding hydrogens is 358 g/mol. The molecule has 1 aromatic carbocycles. The minimum Gasteiger partial charge on any atom is -0.488 e. The molecule has 10 heteroatoms. The summed E-state index contributed by atoms with van der Waals surface area (Å²) in [5.74, 6) is -1.58. The molecule has 0 bridgehead atoms. The Labute approximate surface area is 150 Å². The van der Waals surface area contributed by atoms with Gasteiger partial charge in [0.15, 0.2) is 0 Å². The second-order valence-electron chi connectivity index (χ2n) is 5.27. The molecule has 2 aromatic heterocycles. The first-order chi connectivity index (χ1) is 12.9. The summed E-state index contributed by atoms with van der Waals surface area (Å²) >= 11 is 0. The molecule has 3 rings (SSSR count). The Morgan fingerprint density at radius 3 is 2.63 bits per heavy atom. The number of aromatic amines is 1. The van der Waals surface area contributed by atoms with Gasteiger partial charge in [-0.05, 0) is 30.4 Å². The van der Waals surface area contributed by atoms with Crippen molar-refractivity contribution in [2.45, 2.75) is 0 Å². The van der Waals surface area contributed by atoms with Crippen LogP contribution in [-0.4, -0.2) is 31.1 Å². The van der Waals surface area contributed by atoms with E-state index in [9.17, 15) is 29.9 Å². The highest BCUT2D eigenvalue weighted by atomic mass is 16.6. The van der Waals surface area contributed by atoms with Crippen LogP contribution in [0.4, 0.5) is 5.69 Å². The summed E-state index contributed by atoms with van der Waals surface area (Å²) in [6.07, 6.45) is 2.67. The third kappa shape index (κ3) is 3.58. The number of hydrogen-bond donors (Lipinski definition) is 3. The summed E-state index contributed by atoms with van der Waals surface area (Å²) in [7, 11) is 0. The molecule has 0 spiro atoms. The van der Waals surface area contributed by atoms with Crippen LogP contribution in [0.15, 0.2) is 45.6 Å². The highest BCUT2D eigenvalue weighted by molar-refractivity contribution is 5.95. The molecule has 0 unspecified atom stereocenters. The number of benzene rings is 1. The van der Waals surface area contributed by atoms with E-state index in [-0.39, 0.29) is 11.4 Å². The van der Waals surface area contributed by atoms with Crippen molar-refractivity contribution in [2.24, 2.45) is 0 Å². The van der Waals surface area contributed by atoms with Crippen LogP contribution >= 0.6 is 0 Å². The lowest BCUT2D eigenvalue weighted by Crippen LogP contribution is -2.14. The van der Waals surface area contributed by atoms with E-state index in [0.717, 1.165) is 0 Å². The first-order valence-electron chi connectivity index (χ1n) is 7.45. The zero-order valence-corrected chi connectivity index (χ0v) is 13.4. The molecule has 0 amide bonds. The Kier molecular flexibility index (Phi) is 4.54. The van der Waals surface area contributed by atoms with Gasteiger partial charge in [0.25, 0.3) is 5.88 Å². The quantitative estimate of drug-likeness (QED) is 0.457. The Morgan fingerprint density at radius 2 is 1.96 bits per heavy atom. The summed E-state index contributed by atoms with van der Waals surface area (Å²) in [4.78, 5) is 38.2. The fraction of sp³-hybridized carbons (Fsp3) is 0. The minimum absolute atomic E-state index is 0.0775. The third-order valence-corrected chi connectivity index (χ3v) is 3.53. The zero-order valence-electron chi connectivity index (χ0n) is 13.4. The number of nitrogens with one attached hydrogen (secondary N) is 1. The van der Waals surface area contributed by atoms with Crippen molar-refractivity contribution >= 4 is 23.8 Å². The SMILES string of the molecule is O=C(O)c1ccccc1-c1ccc(C=Cc2nc(O)c([N+](=O)[O-])c(=O)[nH]2)o1. The number of nitro groups is 1. The summed E-state index contributed by atoms with van der Waals surface area (Å²) in [5, 5.41) is 29.4. The predicted molar refractivity (Wildman–Crippen MR) is 93.2 cm³/mol. The van der Waals surface area contributed by atoms with Gasteiger partial charge in [0, 0.05) is 5.56 Å². The third-order valence-electron chi connectivity index (χ3n) is 3.53. The molecule has 0 radical (unpaired) electrons. The number of nitrogens with zero attached hydrogens (tertiary/aromatic N) is 2. The number of carboxylic acid groups (broad SMARTS) is 1. The van der Waals surface area contributed by atoms with Gasteiger partial charge in [0.1, 0.15) is 17.3 Å². The molecule has 2 heterocycles. The van der Waals surface area contributed by atoms with Gasteiger partial charge in [-0.3, -0.25) is 14.9 Å². The molecule has 27 heavy (non-hydrogen) atoms. The van der Waals surface area contributed by atoms with Gasteiger partial charge in [-0.15, -0.1) is 0 Å². The molecule has 0 fully saturated rings. The number of hydrogen-bond acceptors (Lipinski definition) is 7. The van der Waals surface area contributed by atoms with Crippen molar-refractivity contribution in [2.75, 3.05) is 0 Å². The number of carboxylic acids is 1. The van der Waals surface area contributed by atoms with Crippen LogP contribution in [0.2, 0.25) is 0 Å². The van der Waals surface area contributed by atoms with Crippen LogP contribution in [0.3, 0.4) is 0 Å². The standard InChI is InChI=1S/C17H11N3O7/c21-15-14(20(25)26)16(22)19-13(18-15)8-6-9-5-7-12(27-9)10-3-1-2-4-11(10)17(23)24/h1-8H,(H,23,24)(H2,18,19,21,22). The summed E-state index contributed by atoms with van der Waals surface area (Å²) in [5.41, 5.74) is -1.67. The average Bonchev–Trinajstić information content (AvgIpc) is 3.08. The second kappa shape index (κ2) is 6.96. The summed E-state index contributed by atoms with van der Waals surface area (Å²) in [6.45, 7) is 0. The van der Waals surface area contributed by atoms with Gasteiger partial charge in [0.05, 0.1) is 10.5 Å². The minimum atomic E-state index is -1.10. The van der Waals surface area contributed by atoms with Gasteiger partial charge >= 0.3 is 17.2 Å². The largest absolute Gasteiger partial charge is 0.488 e. The number of furan rings is 1. The summed E-state index contributed by atoms with van der Waals surface area (Å²) < 4.78 is 5.56. The number of H-pyrrole nitrogens is 1. The van der Waals surface area contributed by atoms with E-state index in [0.29, 0.717) is 17.1 Å². The fourth-order valence-electron chi connectivity index (χ4n) is 2.35. The zero-order chi connectivity index (χ0) is 19.6. The first-order valence-corrected chi connectivity index (χ1v) is 7.45. The highest BCUT2D eigenvalue weighted by Crippen LogP contribution is 2.26. The first kappa shape index (κ1) is 17.6. The molecule has 0 atom stereocenters. The van der Waals surface area contributed by atoms with E-state index < -0.39 is 28.0 Å². The van der Waals surface area contributed by atoms with Crippen LogP contribution < -0.4 is 5.56 Å². The van der Waals surface area contributed by atoms with E-state index in [1.165, 1.54) is 18.2 Å². The monoisotopic (exact) mass is 369 g/mol. The van der Waals surface area contributed by atoms with Crippen LogP contribution in [0.5, 0.6) is 5.88 Å². The molecule has 0 aliphatic carbocycles. The molecule has 10 nitrogen and oxygen atoms in total. The van der Waals surface area contributed by atoms with Crippen molar-refractivity contribution in [1.29, 1.82) is 0 Å². The Balaban J connectivity index is 1.90. The maximum absolute atomic E-state index is 11.6. The van der Waals surface area contributed by atoms with Crippen molar-refractivity contribution in [3.8, 4) is 17.2 Å². The molecule has 3 aromatic rings. The summed E-state index contributed by atoms with van der Waals surface area (Å²) in [6, 6.07) is 9.46. The van der Waals surface area contributed by atoms with Crippen LogP contribution in [0.1, 0.15) is 21.9 Å². The number of aromatic nitrogens is 2. The van der Waals surface area contributed by atoms with Crippen LogP contribution in [0.25, 0.3) is 23.5 Å². The average molecular weight is 369 g/mol. The lowest BCUT2D eigenvalue weighted by Gasteiger charge is -2.01. The molecule has 0 aliphatic rings. The lowest BCUT2D eigenvalue weighted by atomic mass is 10.1. The number of aromatic hydroxyl groups is 1. The molecule has 0 saturated carbocycles. The highest BCUT2D eigenvalue weighted by Gasteiger charge is 2.21.